The van der Waals surface area contributed by atoms with Gasteiger partial charge in [0.05, 0.1) is 0 Å². The summed E-state index contributed by atoms with van der Waals surface area (Å²) in [5, 5.41) is 32.3. The summed E-state index contributed by atoms with van der Waals surface area (Å²) in [6, 6.07) is 45.0. The largest absolute Gasteiger partial charge is 0.507 e. The van der Waals surface area contributed by atoms with Crippen LogP contribution in [0, 0.1) is 0 Å². The molecule has 0 saturated heterocycles. The van der Waals surface area contributed by atoms with Crippen molar-refractivity contribution < 1.29 is 10.2 Å². The molecule has 0 unspecified atom stereocenters. The molecule has 0 aliphatic rings. The Bertz CT molecular complexity index is 2240. The van der Waals surface area contributed by atoms with E-state index >= 15 is 0 Å². The van der Waals surface area contributed by atoms with Gasteiger partial charge in [0.2, 0.25) is 0 Å². The Hall–Kier alpha value is -4.64. The minimum Gasteiger partial charge on any atom is -0.507 e. The van der Waals surface area contributed by atoms with E-state index in [0.717, 1.165) is 74.3 Å². The van der Waals surface area contributed by atoms with Crippen molar-refractivity contribution in [3.05, 3.63) is 142 Å². The molecule has 2 nitrogen and oxygen atoms in total. The van der Waals surface area contributed by atoms with Crippen LogP contribution in [0.1, 0.15) is 0 Å². The number of benzene rings is 8. The van der Waals surface area contributed by atoms with Crippen LogP contribution in [0.3, 0.4) is 0 Å². The normalized spacial score (nSPS) is 11.6. The molecular weight excluding hydrogens is 672 g/mol. The van der Waals surface area contributed by atoms with Gasteiger partial charge in [-0.2, -0.15) is 0 Å². The van der Waals surface area contributed by atoms with Crippen molar-refractivity contribution in [1.82, 2.24) is 0 Å². The molecule has 0 amide bonds. The number of hydrogen-bond acceptors (Lipinski definition) is 2. The third-order valence-electron chi connectivity index (χ3n) is 8.54. The third-order valence-corrected chi connectivity index (χ3v) is 9.52. The van der Waals surface area contributed by atoms with Gasteiger partial charge in [0.15, 0.2) is 0 Å². The average molecular weight is 696 g/mol. The number of fused-ring (bicyclic) bond motifs is 6. The van der Waals surface area contributed by atoms with E-state index in [9.17, 15) is 10.2 Å². The first-order chi connectivity index (χ1) is 21.5. The second-order valence-corrected chi connectivity index (χ2v) is 12.9. The van der Waals surface area contributed by atoms with Crippen LogP contribution >= 0.6 is 31.9 Å². The standard InChI is InChI=1S/C40H24Br2O2/c41-29-17-15-25-11-13-27-19-31(23-7-3-1-4-8-23)37(39(43)35(27)33(25)21-29)38-32(24-9-5-2-6-10-24)20-28-14-12-26-16-18-30(42)22-34(26)36(28)40(38)44/h1-22,43-44H. The molecule has 0 radical (unpaired) electrons. The van der Waals surface area contributed by atoms with Crippen LogP contribution in [0.15, 0.2) is 142 Å². The molecule has 0 aliphatic heterocycles. The lowest BCUT2D eigenvalue weighted by molar-refractivity contribution is 0.476. The zero-order chi connectivity index (χ0) is 29.9. The molecule has 0 aromatic heterocycles. The van der Waals surface area contributed by atoms with Crippen LogP contribution in [-0.2, 0) is 0 Å². The van der Waals surface area contributed by atoms with Crippen LogP contribution in [0.4, 0.5) is 0 Å². The van der Waals surface area contributed by atoms with E-state index in [4.69, 9.17) is 0 Å². The predicted octanol–water partition coefficient (Wildman–Crippen LogP) is 12.2. The molecule has 8 aromatic carbocycles. The summed E-state index contributed by atoms with van der Waals surface area (Å²) < 4.78 is 1.86. The van der Waals surface area contributed by atoms with Gasteiger partial charge in [0.25, 0.3) is 0 Å². The number of halogens is 2. The van der Waals surface area contributed by atoms with Crippen LogP contribution in [0.5, 0.6) is 11.5 Å². The van der Waals surface area contributed by atoms with Gasteiger partial charge in [-0.05, 0) is 91.0 Å². The molecule has 0 heterocycles. The van der Waals surface area contributed by atoms with Gasteiger partial charge in [-0.25, -0.2) is 0 Å². The van der Waals surface area contributed by atoms with Crippen LogP contribution in [0.25, 0.3) is 76.5 Å². The fourth-order valence-corrected chi connectivity index (χ4v) is 7.27. The van der Waals surface area contributed by atoms with Gasteiger partial charge in [-0.1, -0.05) is 129 Å². The highest BCUT2D eigenvalue weighted by Gasteiger charge is 2.25. The lowest BCUT2D eigenvalue weighted by Crippen LogP contribution is -1.94. The first-order valence-corrected chi connectivity index (χ1v) is 15.9. The van der Waals surface area contributed by atoms with Crippen molar-refractivity contribution in [3.63, 3.8) is 0 Å². The van der Waals surface area contributed by atoms with E-state index in [1.807, 2.05) is 60.7 Å². The lowest BCUT2D eigenvalue weighted by Gasteiger charge is -2.22. The fraction of sp³-hybridized carbons (Fsp3) is 0. The number of rotatable bonds is 3. The molecule has 44 heavy (non-hydrogen) atoms. The Morgan fingerprint density at radius 3 is 1.16 bits per heavy atom. The second-order valence-electron chi connectivity index (χ2n) is 11.1. The van der Waals surface area contributed by atoms with E-state index in [0.29, 0.717) is 11.1 Å². The van der Waals surface area contributed by atoms with Crippen molar-refractivity contribution in [2.45, 2.75) is 0 Å². The van der Waals surface area contributed by atoms with Gasteiger partial charge in [0, 0.05) is 30.8 Å². The molecule has 0 spiro atoms. The van der Waals surface area contributed by atoms with E-state index < -0.39 is 0 Å². The predicted molar refractivity (Wildman–Crippen MR) is 192 cm³/mol. The van der Waals surface area contributed by atoms with Crippen molar-refractivity contribution >= 4 is 74.9 Å². The fourth-order valence-electron chi connectivity index (χ4n) is 6.54. The minimum atomic E-state index is 0.137. The quantitative estimate of drug-likeness (QED) is 0.181. The highest BCUT2D eigenvalue weighted by atomic mass is 79.9. The number of hydrogen-bond donors (Lipinski definition) is 2. The molecule has 8 rings (SSSR count). The molecular formula is C40H24Br2O2. The maximum absolute atomic E-state index is 12.5. The number of phenols is 2. The summed E-state index contributed by atoms with van der Waals surface area (Å²) in [6.45, 7) is 0. The zero-order valence-electron chi connectivity index (χ0n) is 23.4. The molecule has 0 bridgehead atoms. The monoisotopic (exact) mass is 694 g/mol. The molecule has 4 heteroatoms. The first kappa shape index (κ1) is 26.9. The van der Waals surface area contributed by atoms with Crippen LogP contribution in [-0.4, -0.2) is 10.2 Å². The van der Waals surface area contributed by atoms with E-state index in [2.05, 4.69) is 105 Å². The summed E-state index contributed by atoms with van der Waals surface area (Å²) in [4.78, 5) is 0. The minimum absolute atomic E-state index is 0.137. The summed E-state index contributed by atoms with van der Waals surface area (Å²) in [5.41, 5.74) is 4.79. The second kappa shape index (κ2) is 10.5. The maximum atomic E-state index is 12.5. The molecule has 0 aliphatic carbocycles. The molecule has 210 valence electrons. The van der Waals surface area contributed by atoms with Crippen molar-refractivity contribution in [2.24, 2.45) is 0 Å². The molecule has 8 aromatic rings. The molecule has 0 atom stereocenters. The smallest absolute Gasteiger partial charge is 0.132 e. The Labute approximate surface area is 271 Å². The van der Waals surface area contributed by atoms with E-state index in [1.54, 1.807) is 0 Å². The van der Waals surface area contributed by atoms with E-state index in [1.165, 1.54) is 0 Å². The summed E-state index contributed by atoms with van der Waals surface area (Å²) in [7, 11) is 0. The zero-order valence-corrected chi connectivity index (χ0v) is 26.5. The summed E-state index contributed by atoms with van der Waals surface area (Å²) >= 11 is 7.28. The Morgan fingerprint density at radius 2 is 0.750 bits per heavy atom. The lowest BCUT2D eigenvalue weighted by atomic mass is 9.83. The van der Waals surface area contributed by atoms with Gasteiger partial charge in [-0.3, -0.25) is 0 Å². The third kappa shape index (κ3) is 4.29. The maximum Gasteiger partial charge on any atom is 0.132 e. The van der Waals surface area contributed by atoms with E-state index in [-0.39, 0.29) is 11.5 Å². The number of phenolic OH excluding ortho intramolecular Hbond substituents is 2. The molecule has 2 N–H and O–H groups in total. The summed E-state index contributed by atoms with van der Waals surface area (Å²) in [6.07, 6.45) is 0. The van der Waals surface area contributed by atoms with Crippen molar-refractivity contribution in [2.75, 3.05) is 0 Å². The van der Waals surface area contributed by atoms with Gasteiger partial charge in [0.1, 0.15) is 11.5 Å². The average Bonchev–Trinajstić information content (AvgIpc) is 3.05. The Kier molecular flexibility index (Phi) is 6.44. The topological polar surface area (TPSA) is 40.5 Å². The summed E-state index contributed by atoms with van der Waals surface area (Å²) in [5.74, 6) is 0.275. The number of aromatic hydroxyl groups is 2. The Balaban J connectivity index is 1.62. The highest BCUT2D eigenvalue weighted by molar-refractivity contribution is 9.10. The van der Waals surface area contributed by atoms with Crippen LogP contribution in [0.2, 0.25) is 0 Å². The SMILES string of the molecule is Oc1c(-c2c(-c3ccccc3)cc3ccc4ccc(Br)cc4c3c2O)c(-c2ccccc2)cc2ccc3ccc(Br)cc3c12. The molecule has 0 saturated carbocycles. The highest BCUT2D eigenvalue weighted by Crippen LogP contribution is 2.54. The van der Waals surface area contributed by atoms with Gasteiger partial charge < -0.3 is 10.2 Å². The molecule has 0 fully saturated rings. The first-order valence-electron chi connectivity index (χ1n) is 14.3. The van der Waals surface area contributed by atoms with Crippen molar-refractivity contribution in [1.29, 1.82) is 0 Å². The van der Waals surface area contributed by atoms with Gasteiger partial charge >= 0.3 is 0 Å². The van der Waals surface area contributed by atoms with Gasteiger partial charge in [-0.15, -0.1) is 0 Å². The Morgan fingerprint density at radius 1 is 0.386 bits per heavy atom. The van der Waals surface area contributed by atoms with Crippen molar-refractivity contribution in [3.8, 4) is 44.9 Å². The van der Waals surface area contributed by atoms with Crippen LogP contribution < -0.4 is 0 Å².